The zero-order valence-electron chi connectivity index (χ0n) is 11.0. The van der Waals surface area contributed by atoms with Crippen LogP contribution in [0.25, 0.3) is 0 Å². The van der Waals surface area contributed by atoms with Crippen molar-refractivity contribution in [2.75, 3.05) is 11.1 Å². The first kappa shape index (κ1) is 12.9. The minimum atomic E-state index is 0.102. The average Bonchev–Trinajstić information content (AvgIpc) is 2.84. The van der Waals surface area contributed by atoms with E-state index in [9.17, 15) is 4.79 Å². The molecule has 0 unspecified atom stereocenters. The van der Waals surface area contributed by atoms with Crippen LogP contribution in [0, 0.1) is 12.8 Å². The number of hydrogen-bond acceptors (Lipinski definition) is 2. The van der Waals surface area contributed by atoms with Gasteiger partial charge in [-0.15, -0.1) is 0 Å². The maximum Gasteiger partial charge on any atom is 0.224 e. The lowest BCUT2D eigenvalue weighted by molar-refractivity contribution is -0.116. The lowest BCUT2D eigenvalue weighted by Gasteiger charge is -2.10. The first-order valence-corrected chi connectivity index (χ1v) is 6.81. The van der Waals surface area contributed by atoms with E-state index in [1.807, 2.05) is 25.1 Å². The predicted molar refractivity (Wildman–Crippen MR) is 75.4 cm³/mol. The van der Waals surface area contributed by atoms with Crippen molar-refractivity contribution in [3.8, 4) is 0 Å². The highest BCUT2D eigenvalue weighted by Crippen LogP contribution is 2.28. The highest BCUT2D eigenvalue weighted by Gasteiger charge is 2.16. The van der Waals surface area contributed by atoms with Gasteiger partial charge in [0.05, 0.1) is 0 Å². The smallest absolute Gasteiger partial charge is 0.224 e. The third-order valence-corrected chi connectivity index (χ3v) is 3.82. The fourth-order valence-electron chi connectivity index (χ4n) is 2.58. The molecule has 3 heteroatoms. The Kier molecular flexibility index (Phi) is 4.24. The Labute approximate surface area is 109 Å². The number of benzene rings is 1. The Hall–Kier alpha value is -1.51. The van der Waals surface area contributed by atoms with Gasteiger partial charge < -0.3 is 11.1 Å². The van der Waals surface area contributed by atoms with Gasteiger partial charge in [0.15, 0.2) is 0 Å². The third-order valence-electron chi connectivity index (χ3n) is 3.82. The second-order valence-corrected chi connectivity index (χ2v) is 5.31. The Balaban J connectivity index is 1.80. The largest absolute Gasteiger partial charge is 0.398 e. The number of rotatable bonds is 4. The van der Waals surface area contributed by atoms with E-state index in [2.05, 4.69) is 5.32 Å². The van der Waals surface area contributed by atoms with Crippen LogP contribution in [0.5, 0.6) is 0 Å². The van der Waals surface area contributed by atoms with Crippen LogP contribution in [0.15, 0.2) is 18.2 Å². The third kappa shape index (κ3) is 3.49. The lowest BCUT2D eigenvalue weighted by atomic mass is 10.0. The predicted octanol–water partition coefficient (Wildman–Crippen LogP) is 3.49. The van der Waals surface area contributed by atoms with E-state index in [1.54, 1.807) is 0 Å². The van der Waals surface area contributed by atoms with Crippen molar-refractivity contribution >= 4 is 17.3 Å². The maximum atomic E-state index is 11.8. The van der Waals surface area contributed by atoms with Gasteiger partial charge in [-0.3, -0.25) is 4.79 Å². The summed E-state index contributed by atoms with van der Waals surface area (Å²) in [6.45, 7) is 1.96. The molecule has 0 aromatic heterocycles. The van der Waals surface area contributed by atoms with Crippen molar-refractivity contribution in [3.63, 3.8) is 0 Å². The average molecular weight is 246 g/mol. The molecule has 0 radical (unpaired) electrons. The summed E-state index contributed by atoms with van der Waals surface area (Å²) in [5, 5.41) is 2.91. The molecule has 1 aromatic carbocycles. The molecule has 0 atom stereocenters. The van der Waals surface area contributed by atoms with Crippen molar-refractivity contribution in [2.45, 2.75) is 45.4 Å². The lowest BCUT2D eigenvalue weighted by Crippen LogP contribution is -2.13. The van der Waals surface area contributed by atoms with Crippen LogP contribution in [-0.2, 0) is 4.79 Å². The number of nitrogens with two attached hydrogens (primary N) is 1. The topological polar surface area (TPSA) is 55.1 Å². The van der Waals surface area contributed by atoms with E-state index in [0.29, 0.717) is 6.42 Å². The molecule has 0 spiro atoms. The summed E-state index contributed by atoms with van der Waals surface area (Å²) < 4.78 is 0. The normalized spacial score (nSPS) is 15.8. The molecule has 3 N–H and O–H groups in total. The van der Waals surface area contributed by atoms with Gasteiger partial charge in [0.1, 0.15) is 0 Å². The van der Waals surface area contributed by atoms with Gasteiger partial charge in [-0.2, -0.15) is 0 Å². The monoisotopic (exact) mass is 246 g/mol. The second-order valence-electron chi connectivity index (χ2n) is 5.31. The van der Waals surface area contributed by atoms with Gasteiger partial charge in [0.2, 0.25) is 5.91 Å². The van der Waals surface area contributed by atoms with Gasteiger partial charge >= 0.3 is 0 Å². The summed E-state index contributed by atoms with van der Waals surface area (Å²) >= 11 is 0. The van der Waals surface area contributed by atoms with Crippen LogP contribution in [-0.4, -0.2) is 5.91 Å². The van der Waals surface area contributed by atoms with Crippen molar-refractivity contribution in [2.24, 2.45) is 5.92 Å². The number of aryl methyl sites for hydroxylation is 1. The van der Waals surface area contributed by atoms with Crippen molar-refractivity contribution in [3.05, 3.63) is 23.8 Å². The van der Waals surface area contributed by atoms with Gasteiger partial charge in [-0.05, 0) is 37.0 Å². The molecule has 1 aliphatic carbocycles. The molecule has 18 heavy (non-hydrogen) atoms. The SMILES string of the molecule is Cc1ccc(NC(=O)CCC2CCCC2)cc1N. The Morgan fingerprint density at radius 3 is 2.78 bits per heavy atom. The maximum absolute atomic E-state index is 11.8. The Bertz CT molecular complexity index is 423. The molecule has 1 fully saturated rings. The van der Waals surface area contributed by atoms with Gasteiger partial charge in [-0.1, -0.05) is 31.7 Å². The number of anilines is 2. The van der Waals surface area contributed by atoms with Crippen LogP contribution in [0.3, 0.4) is 0 Å². The fourth-order valence-corrected chi connectivity index (χ4v) is 2.58. The van der Waals surface area contributed by atoms with Gasteiger partial charge in [0.25, 0.3) is 0 Å². The minimum Gasteiger partial charge on any atom is -0.398 e. The highest BCUT2D eigenvalue weighted by molar-refractivity contribution is 5.91. The molecule has 1 amide bonds. The molecular weight excluding hydrogens is 224 g/mol. The fraction of sp³-hybridized carbons (Fsp3) is 0.533. The molecule has 0 bridgehead atoms. The minimum absolute atomic E-state index is 0.102. The molecule has 1 aromatic rings. The number of carbonyl (C=O) groups excluding carboxylic acids is 1. The van der Waals surface area contributed by atoms with E-state index in [1.165, 1.54) is 25.7 Å². The zero-order valence-corrected chi connectivity index (χ0v) is 11.0. The number of carbonyl (C=O) groups is 1. The van der Waals surface area contributed by atoms with Crippen LogP contribution in [0.1, 0.15) is 44.1 Å². The van der Waals surface area contributed by atoms with Crippen LogP contribution >= 0.6 is 0 Å². The summed E-state index contributed by atoms with van der Waals surface area (Å²) in [4.78, 5) is 11.8. The van der Waals surface area contributed by atoms with E-state index in [4.69, 9.17) is 5.73 Å². The standard InChI is InChI=1S/C15H22N2O/c1-11-6-8-13(10-14(11)16)17-15(18)9-7-12-4-2-3-5-12/h6,8,10,12H,2-5,7,9,16H2,1H3,(H,17,18). The molecule has 0 heterocycles. The Morgan fingerprint density at radius 2 is 2.11 bits per heavy atom. The summed E-state index contributed by atoms with van der Waals surface area (Å²) in [5.74, 6) is 0.865. The van der Waals surface area contributed by atoms with Crippen LogP contribution < -0.4 is 11.1 Å². The van der Waals surface area contributed by atoms with Gasteiger partial charge in [0, 0.05) is 17.8 Å². The van der Waals surface area contributed by atoms with E-state index in [-0.39, 0.29) is 5.91 Å². The van der Waals surface area contributed by atoms with Crippen molar-refractivity contribution < 1.29 is 4.79 Å². The quantitative estimate of drug-likeness (QED) is 0.799. The summed E-state index contributed by atoms with van der Waals surface area (Å²) in [6.07, 6.45) is 6.91. The summed E-state index contributed by atoms with van der Waals surface area (Å²) in [7, 11) is 0. The van der Waals surface area contributed by atoms with Crippen LogP contribution in [0.2, 0.25) is 0 Å². The molecule has 1 saturated carbocycles. The molecule has 1 aliphatic rings. The summed E-state index contributed by atoms with van der Waals surface area (Å²) in [5.41, 5.74) is 8.39. The first-order chi connectivity index (χ1) is 8.65. The molecule has 0 aliphatic heterocycles. The van der Waals surface area contributed by atoms with E-state index in [0.717, 1.165) is 29.3 Å². The molecule has 2 rings (SSSR count). The van der Waals surface area contributed by atoms with E-state index >= 15 is 0 Å². The number of amides is 1. The number of hydrogen-bond donors (Lipinski definition) is 2. The van der Waals surface area contributed by atoms with Crippen molar-refractivity contribution in [1.29, 1.82) is 0 Å². The zero-order chi connectivity index (χ0) is 13.0. The molecule has 0 saturated heterocycles. The second kappa shape index (κ2) is 5.89. The molecule has 98 valence electrons. The summed E-state index contributed by atoms with van der Waals surface area (Å²) in [6, 6.07) is 5.66. The van der Waals surface area contributed by atoms with Gasteiger partial charge in [-0.25, -0.2) is 0 Å². The number of nitrogen functional groups attached to an aromatic ring is 1. The highest BCUT2D eigenvalue weighted by atomic mass is 16.1. The molecular formula is C15H22N2O. The number of nitrogens with one attached hydrogen (secondary N) is 1. The Morgan fingerprint density at radius 1 is 1.39 bits per heavy atom. The van der Waals surface area contributed by atoms with E-state index < -0.39 is 0 Å². The van der Waals surface area contributed by atoms with Crippen molar-refractivity contribution in [1.82, 2.24) is 0 Å². The van der Waals surface area contributed by atoms with Crippen LogP contribution in [0.4, 0.5) is 11.4 Å². The molecule has 3 nitrogen and oxygen atoms in total. The first-order valence-electron chi connectivity index (χ1n) is 6.81.